The zero-order valence-corrected chi connectivity index (χ0v) is 10.2. The standard InChI is InChI=1S/C9H8INO2S/c10-11-7-3-1-5-8(6-2-4-7)13-9(12)14/h1-6,11H,(H,12,14)/b3-1+,4-2?,5-1?,6-2?,7-3?,7-4+,8-5?,8-6?. The average Bonchev–Trinajstić information content (AvgIpc) is 2.08. The van der Waals surface area contributed by atoms with E-state index in [1.54, 1.807) is 24.3 Å². The number of halogens is 1. The Kier molecular flexibility index (Phi) is 4.81. The lowest BCUT2D eigenvalue weighted by atomic mass is 10.2. The van der Waals surface area contributed by atoms with E-state index < -0.39 is 5.30 Å². The highest BCUT2D eigenvalue weighted by atomic mass is 127. The summed E-state index contributed by atoms with van der Waals surface area (Å²) in [6.07, 6.45) is 10.7. The summed E-state index contributed by atoms with van der Waals surface area (Å²) in [5.41, 5.74) is 0.967. The van der Waals surface area contributed by atoms with Crippen LogP contribution in [-0.2, 0) is 4.74 Å². The van der Waals surface area contributed by atoms with Crippen molar-refractivity contribution in [1.82, 2.24) is 3.53 Å². The maximum atomic E-state index is 10.5. The largest absolute Gasteiger partial charge is 0.419 e. The summed E-state index contributed by atoms with van der Waals surface area (Å²) in [6, 6.07) is 0. The maximum Gasteiger partial charge on any atom is 0.369 e. The molecular weight excluding hydrogens is 313 g/mol. The van der Waals surface area contributed by atoms with Crippen LogP contribution in [0.4, 0.5) is 4.79 Å². The van der Waals surface area contributed by atoms with Gasteiger partial charge in [0.15, 0.2) is 0 Å². The first-order valence-electron chi connectivity index (χ1n) is 3.76. The van der Waals surface area contributed by atoms with Crippen LogP contribution in [0.25, 0.3) is 0 Å². The first-order chi connectivity index (χ1) is 6.72. The fourth-order valence-corrected chi connectivity index (χ4v) is 1.30. The Morgan fingerprint density at radius 3 is 2.71 bits per heavy atom. The van der Waals surface area contributed by atoms with Crippen molar-refractivity contribution in [3.8, 4) is 0 Å². The van der Waals surface area contributed by atoms with Crippen molar-refractivity contribution >= 4 is 40.8 Å². The number of rotatable bonds is 2. The van der Waals surface area contributed by atoms with Crippen LogP contribution >= 0.6 is 35.5 Å². The van der Waals surface area contributed by atoms with E-state index in [9.17, 15) is 4.79 Å². The second kappa shape index (κ2) is 5.92. The van der Waals surface area contributed by atoms with Crippen LogP contribution in [0.1, 0.15) is 0 Å². The van der Waals surface area contributed by atoms with Gasteiger partial charge in [-0.05, 0) is 24.3 Å². The lowest BCUT2D eigenvalue weighted by Gasteiger charge is -2.02. The van der Waals surface area contributed by atoms with Gasteiger partial charge in [-0.15, -0.1) is 0 Å². The van der Waals surface area contributed by atoms with E-state index in [0.29, 0.717) is 5.76 Å². The third kappa shape index (κ3) is 4.01. The molecule has 0 aromatic carbocycles. The second-order valence-corrected chi connectivity index (χ2v) is 3.28. The molecular formula is C9H8INO2S. The Morgan fingerprint density at radius 1 is 1.36 bits per heavy atom. The summed E-state index contributed by atoms with van der Waals surface area (Å²) in [5.74, 6) is 0.463. The van der Waals surface area contributed by atoms with Crippen molar-refractivity contribution in [3.05, 3.63) is 47.9 Å². The monoisotopic (exact) mass is 321 g/mol. The summed E-state index contributed by atoms with van der Waals surface area (Å²) < 4.78 is 7.76. The molecule has 1 aliphatic rings. The molecule has 0 saturated heterocycles. The quantitative estimate of drug-likeness (QED) is 0.355. The highest BCUT2D eigenvalue weighted by Gasteiger charge is 1.98. The van der Waals surface area contributed by atoms with Gasteiger partial charge in [-0.3, -0.25) is 0 Å². The molecule has 0 aliphatic heterocycles. The number of hydrogen-bond donors (Lipinski definition) is 2. The van der Waals surface area contributed by atoms with Crippen LogP contribution in [0.15, 0.2) is 47.9 Å². The summed E-state index contributed by atoms with van der Waals surface area (Å²) >= 11 is 5.56. The van der Waals surface area contributed by atoms with Gasteiger partial charge in [-0.2, -0.15) is 0 Å². The maximum absolute atomic E-state index is 10.5. The molecule has 0 saturated carbocycles. The van der Waals surface area contributed by atoms with Gasteiger partial charge in [0, 0.05) is 5.70 Å². The number of ether oxygens (including phenoxy) is 1. The van der Waals surface area contributed by atoms with Crippen LogP contribution in [0.2, 0.25) is 0 Å². The summed E-state index contributed by atoms with van der Waals surface area (Å²) in [7, 11) is 0. The highest BCUT2D eigenvalue weighted by Crippen LogP contribution is 2.08. The number of carbonyl (C=O) groups excluding carboxylic acids is 1. The molecule has 0 unspecified atom stereocenters. The minimum absolute atomic E-state index is 0.463. The average molecular weight is 321 g/mol. The third-order valence-corrected chi connectivity index (χ3v) is 2.10. The number of thiol groups is 1. The smallest absolute Gasteiger partial charge is 0.369 e. The number of carbonyl (C=O) groups is 1. The van der Waals surface area contributed by atoms with Crippen molar-refractivity contribution in [2.75, 3.05) is 0 Å². The van der Waals surface area contributed by atoms with E-state index in [1.165, 1.54) is 0 Å². The van der Waals surface area contributed by atoms with Crippen molar-refractivity contribution in [3.63, 3.8) is 0 Å². The lowest BCUT2D eigenvalue weighted by Crippen LogP contribution is -1.95. The van der Waals surface area contributed by atoms with E-state index in [1.807, 2.05) is 35.0 Å². The van der Waals surface area contributed by atoms with E-state index >= 15 is 0 Å². The predicted octanol–water partition coefficient (Wildman–Crippen LogP) is 2.89. The van der Waals surface area contributed by atoms with Gasteiger partial charge in [0.1, 0.15) is 5.76 Å². The molecule has 74 valence electrons. The highest BCUT2D eigenvalue weighted by molar-refractivity contribution is 14.1. The first-order valence-corrected chi connectivity index (χ1v) is 5.29. The SMILES string of the molecule is O=C(S)OC1=C/C=C/C(NI)=C\C=C1. The van der Waals surface area contributed by atoms with Crippen LogP contribution in [0, 0.1) is 0 Å². The lowest BCUT2D eigenvalue weighted by molar-refractivity contribution is 0.208. The molecule has 0 amide bonds. The molecule has 0 heterocycles. The van der Waals surface area contributed by atoms with Crippen molar-refractivity contribution in [2.45, 2.75) is 0 Å². The predicted molar refractivity (Wildman–Crippen MR) is 67.1 cm³/mol. The fourth-order valence-electron chi connectivity index (χ4n) is 0.836. The minimum Gasteiger partial charge on any atom is -0.419 e. The van der Waals surface area contributed by atoms with Crippen LogP contribution in [0.3, 0.4) is 0 Å². The molecule has 0 aromatic heterocycles. The Bertz CT molecular complexity index is 345. The molecule has 0 aromatic rings. The normalized spacial score (nSPS) is 21.0. The third-order valence-electron chi connectivity index (χ3n) is 1.39. The number of hydrogen-bond acceptors (Lipinski definition) is 3. The van der Waals surface area contributed by atoms with Crippen LogP contribution in [-0.4, -0.2) is 5.30 Å². The van der Waals surface area contributed by atoms with Gasteiger partial charge in [-0.25, -0.2) is 4.79 Å². The molecule has 1 N–H and O–H groups in total. The molecule has 5 heteroatoms. The molecule has 0 atom stereocenters. The molecule has 1 rings (SSSR count). The molecule has 0 radical (unpaired) electrons. The van der Waals surface area contributed by atoms with Gasteiger partial charge in [0.05, 0.1) is 22.9 Å². The molecule has 0 fully saturated rings. The minimum atomic E-state index is -0.619. The van der Waals surface area contributed by atoms with E-state index in [2.05, 4.69) is 16.2 Å². The Balaban J connectivity index is 2.73. The Labute approximate surface area is 101 Å². The van der Waals surface area contributed by atoms with Crippen molar-refractivity contribution in [2.24, 2.45) is 0 Å². The summed E-state index contributed by atoms with van der Waals surface area (Å²) in [4.78, 5) is 10.5. The molecule has 3 nitrogen and oxygen atoms in total. The molecule has 14 heavy (non-hydrogen) atoms. The van der Waals surface area contributed by atoms with E-state index in [-0.39, 0.29) is 0 Å². The van der Waals surface area contributed by atoms with Gasteiger partial charge in [-0.1, -0.05) is 24.8 Å². The topological polar surface area (TPSA) is 38.3 Å². The number of allylic oxidation sites excluding steroid dienone is 6. The van der Waals surface area contributed by atoms with Gasteiger partial charge >= 0.3 is 5.30 Å². The van der Waals surface area contributed by atoms with Gasteiger partial charge in [0.2, 0.25) is 0 Å². The van der Waals surface area contributed by atoms with Gasteiger partial charge in [0.25, 0.3) is 0 Å². The summed E-state index contributed by atoms with van der Waals surface area (Å²) in [6.45, 7) is 0. The van der Waals surface area contributed by atoms with Crippen molar-refractivity contribution in [1.29, 1.82) is 0 Å². The second-order valence-electron chi connectivity index (χ2n) is 2.37. The molecule has 1 aliphatic carbocycles. The first kappa shape index (κ1) is 11.4. The van der Waals surface area contributed by atoms with Crippen LogP contribution < -0.4 is 3.53 Å². The summed E-state index contributed by atoms with van der Waals surface area (Å²) in [5, 5.41) is -0.619. The van der Waals surface area contributed by atoms with E-state index in [4.69, 9.17) is 4.74 Å². The van der Waals surface area contributed by atoms with E-state index in [0.717, 1.165) is 5.70 Å². The molecule has 0 spiro atoms. The number of nitrogens with one attached hydrogen (secondary N) is 1. The zero-order chi connectivity index (χ0) is 10.4. The van der Waals surface area contributed by atoms with Crippen LogP contribution in [0.5, 0.6) is 0 Å². The fraction of sp³-hybridized carbons (Fsp3) is 0. The Hall–Kier alpha value is -0.690. The zero-order valence-electron chi connectivity index (χ0n) is 7.11. The van der Waals surface area contributed by atoms with Crippen molar-refractivity contribution < 1.29 is 9.53 Å². The van der Waals surface area contributed by atoms with Gasteiger partial charge < -0.3 is 8.27 Å². The molecule has 0 bridgehead atoms. The Morgan fingerprint density at radius 2 is 2.07 bits per heavy atom.